The van der Waals surface area contributed by atoms with Crippen LogP contribution >= 0.6 is 0 Å². The Hall–Kier alpha value is -1.23. The number of anilines is 1. The first kappa shape index (κ1) is 13.8. The highest BCUT2D eigenvalue weighted by atomic mass is 32.2. The maximum absolute atomic E-state index is 12.1. The van der Waals surface area contributed by atoms with Crippen LogP contribution < -0.4 is 10.5 Å². The Morgan fingerprint density at radius 3 is 2.29 bits per heavy atom. The van der Waals surface area contributed by atoms with Crippen molar-refractivity contribution >= 4 is 15.5 Å². The van der Waals surface area contributed by atoms with Crippen LogP contribution in [0.25, 0.3) is 0 Å². The topological polar surface area (TPSA) is 69.4 Å². The Bertz CT molecular complexity index is 501. The molecule has 0 heterocycles. The van der Waals surface area contributed by atoms with E-state index in [9.17, 15) is 8.42 Å². The van der Waals surface area contributed by atoms with Crippen LogP contribution in [0.4, 0.5) is 5.69 Å². The summed E-state index contributed by atoms with van der Waals surface area (Å²) in [5.74, 6) is 0.543. The molecule has 5 heteroatoms. The second kappa shape index (κ2) is 4.56. The Kier molecular flexibility index (Phi) is 3.71. The highest BCUT2D eigenvalue weighted by Gasteiger charge is 2.29. The molecule has 0 aliphatic heterocycles. The Morgan fingerprint density at radius 1 is 1.24 bits per heavy atom. The van der Waals surface area contributed by atoms with E-state index in [2.05, 4.69) is 0 Å². The third-order valence-electron chi connectivity index (χ3n) is 2.51. The number of hydrogen-bond donors (Lipinski definition) is 1. The lowest BCUT2D eigenvalue weighted by molar-refractivity contribution is 0.414. The lowest BCUT2D eigenvalue weighted by Crippen LogP contribution is -2.29. The van der Waals surface area contributed by atoms with Crippen LogP contribution in [0.3, 0.4) is 0 Å². The molecule has 0 saturated carbocycles. The molecule has 0 radical (unpaired) electrons. The van der Waals surface area contributed by atoms with E-state index in [0.717, 1.165) is 0 Å². The van der Waals surface area contributed by atoms with E-state index < -0.39 is 14.6 Å². The van der Waals surface area contributed by atoms with Gasteiger partial charge in [-0.25, -0.2) is 8.42 Å². The van der Waals surface area contributed by atoms with Gasteiger partial charge in [0.25, 0.3) is 0 Å². The van der Waals surface area contributed by atoms with Crippen LogP contribution in [-0.2, 0) is 15.6 Å². The van der Waals surface area contributed by atoms with Gasteiger partial charge >= 0.3 is 0 Å². The largest absolute Gasteiger partial charge is 0.497 e. The summed E-state index contributed by atoms with van der Waals surface area (Å²) in [6.07, 6.45) is 0. The molecular formula is C12H19NO3S. The number of hydrogen-bond acceptors (Lipinski definition) is 4. The van der Waals surface area contributed by atoms with Crippen molar-refractivity contribution < 1.29 is 13.2 Å². The van der Waals surface area contributed by atoms with Crippen LogP contribution in [0, 0.1) is 0 Å². The predicted molar refractivity (Wildman–Crippen MR) is 69.8 cm³/mol. The molecule has 0 unspecified atom stereocenters. The normalized spacial score (nSPS) is 12.5. The maximum Gasteiger partial charge on any atom is 0.159 e. The van der Waals surface area contributed by atoms with Gasteiger partial charge in [0.15, 0.2) is 9.84 Å². The SMILES string of the molecule is COc1cc(N)cc(CS(=O)(=O)C(C)(C)C)c1. The summed E-state index contributed by atoms with van der Waals surface area (Å²) in [5, 5.41) is 0. The zero-order valence-electron chi connectivity index (χ0n) is 10.6. The standard InChI is InChI=1S/C12H19NO3S/c1-12(2,3)17(14,15)8-9-5-10(13)7-11(6-9)16-4/h5-7H,8,13H2,1-4H3. The zero-order chi connectivity index (χ0) is 13.3. The molecule has 2 N–H and O–H groups in total. The molecule has 0 amide bonds. The number of sulfone groups is 1. The van der Waals surface area contributed by atoms with Gasteiger partial charge in [0.05, 0.1) is 17.6 Å². The smallest absolute Gasteiger partial charge is 0.159 e. The first-order valence-electron chi connectivity index (χ1n) is 5.31. The zero-order valence-corrected chi connectivity index (χ0v) is 11.5. The molecule has 0 fully saturated rings. The fraction of sp³-hybridized carbons (Fsp3) is 0.500. The van der Waals surface area contributed by atoms with Gasteiger partial charge in [-0.05, 0) is 38.5 Å². The number of rotatable bonds is 3. The van der Waals surface area contributed by atoms with Crippen molar-refractivity contribution in [2.75, 3.05) is 12.8 Å². The number of nitrogens with two attached hydrogens (primary N) is 1. The van der Waals surface area contributed by atoms with Gasteiger partial charge in [-0.1, -0.05) is 0 Å². The van der Waals surface area contributed by atoms with E-state index in [0.29, 0.717) is 17.0 Å². The van der Waals surface area contributed by atoms with E-state index >= 15 is 0 Å². The Balaban J connectivity index is 3.08. The van der Waals surface area contributed by atoms with E-state index in [1.165, 1.54) is 7.11 Å². The van der Waals surface area contributed by atoms with Crippen molar-refractivity contribution in [3.8, 4) is 5.75 Å². The molecule has 0 atom stereocenters. The van der Waals surface area contributed by atoms with Gasteiger partial charge in [-0.3, -0.25) is 0 Å². The summed E-state index contributed by atoms with van der Waals surface area (Å²) in [7, 11) is -1.68. The monoisotopic (exact) mass is 257 g/mol. The first-order chi connectivity index (χ1) is 7.65. The van der Waals surface area contributed by atoms with Gasteiger partial charge in [0.1, 0.15) is 5.75 Å². The van der Waals surface area contributed by atoms with E-state index in [1.54, 1.807) is 39.0 Å². The van der Waals surface area contributed by atoms with Crippen LogP contribution in [0.2, 0.25) is 0 Å². The minimum atomic E-state index is -3.20. The van der Waals surface area contributed by atoms with Crippen molar-refractivity contribution in [3.63, 3.8) is 0 Å². The minimum Gasteiger partial charge on any atom is -0.497 e. The molecule has 0 aromatic heterocycles. The third-order valence-corrected chi connectivity index (χ3v) is 5.09. The number of nitrogen functional groups attached to an aromatic ring is 1. The summed E-state index contributed by atoms with van der Waals surface area (Å²) >= 11 is 0. The molecule has 1 aromatic rings. The fourth-order valence-corrected chi connectivity index (χ4v) is 2.36. The first-order valence-corrected chi connectivity index (χ1v) is 6.97. The molecule has 96 valence electrons. The average Bonchev–Trinajstić information content (AvgIpc) is 2.14. The minimum absolute atomic E-state index is 0.0299. The highest BCUT2D eigenvalue weighted by molar-refractivity contribution is 7.91. The van der Waals surface area contributed by atoms with Gasteiger partial charge < -0.3 is 10.5 Å². The van der Waals surface area contributed by atoms with Gasteiger partial charge in [-0.2, -0.15) is 0 Å². The summed E-state index contributed by atoms with van der Waals surface area (Å²) in [6, 6.07) is 5.01. The van der Waals surface area contributed by atoms with Crippen molar-refractivity contribution in [2.45, 2.75) is 31.3 Å². The molecule has 0 bridgehead atoms. The van der Waals surface area contributed by atoms with Crippen LogP contribution in [0.5, 0.6) is 5.75 Å². The fourth-order valence-electron chi connectivity index (χ4n) is 1.32. The number of methoxy groups -OCH3 is 1. The van der Waals surface area contributed by atoms with E-state index in [4.69, 9.17) is 10.5 Å². The molecule has 1 aromatic carbocycles. The van der Waals surface area contributed by atoms with Crippen molar-refractivity contribution in [2.24, 2.45) is 0 Å². The quantitative estimate of drug-likeness (QED) is 0.841. The summed E-state index contributed by atoms with van der Waals surface area (Å²) in [4.78, 5) is 0. The number of ether oxygens (including phenoxy) is 1. The van der Waals surface area contributed by atoms with Gasteiger partial charge in [0, 0.05) is 11.8 Å². The highest BCUT2D eigenvalue weighted by Crippen LogP contribution is 2.24. The van der Waals surface area contributed by atoms with Crippen molar-refractivity contribution in [3.05, 3.63) is 23.8 Å². The summed E-state index contributed by atoms with van der Waals surface area (Å²) in [6.45, 7) is 5.06. The summed E-state index contributed by atoms with van der Waals surface area (Å²) in [5.41, 5.74) is 6.84. The van der Waals surface area contributed by atoms with Crippen LogP contribution in [0.1, 0.15) is 26.3 Å². The molecule has 0 aliphatic carbocycles. The van der Waals surface area contributed by atoms with Crippen molar-refractivity contribution in [1.29, 1.82) is 0 Å². The van der Waals surface area contributed by atoms with E-state index in [-0.39, 0.29) is 5.75 Å². The van der Waals surface area contributed by atoms with E-state index in [1.807, 2.05) is 0 Å². The molecule has 4 nitrogen and oxygen atoms in total. The lowest BCUT2D eigenvalue weighted by atomic mass is 10.2. The number of benzene rings is 1. The van der Waals surface area contributed by atoms with Crippen LogP contribution in [0.15, 0.2) is 18.2 Å². The summed E-state index contributed by atoms with van der Waals surface area (Å²) < 4.78 is 28.4. The van der Waals surface area contributed by atoms with Crippen molar-refractivity contribution in [1.82, 2.24) is 0 Å². The lowest BCUT2D eigenvalue weighted by Gasteiger charge is -2.19. The second-order valence-corrected chi connectivity index (χ2v) is 7.73. The predicted octanol–water partition coefficient (Wildman–Crippen LogP) is 1.99. The molecule has 0 aliphatic rings. The maximum atomic E-state index is 12.1. The second-order valence-electron chi connectivity index (χ2n) is 4.99. The Morgan fingerprint density at radius 2 is 1.82 bits per heavy atom. The molecule has 17 heavy (non-hydrogen) atoms. The molecule has 0 saturated heterocycles. The Labute approximate surface area is 103 Å². The molecule has 1 rings (SSSR count). The average molecular weight is 257 g/mol. The molecule has 0 spiro atoms. The van der Waals surface area contributed by atoms with Gasteiger partial charge in [0.2, 0.25) is 0 Å². The third kappa shape index (κ3) is 3.36. The molecular weight excluding hydrogens is 238 g/mol. The van der Waals surface area contributed by atoms with Gasteiger partial charge in [-0.15, -0.1) is 0 Å². The van der Waals surface area contributed by atoms with Crippen LogP contribution in [-0.4, -0.2) is 20.3 Å².